The highest BCUT2D eigenvalue weighted by Gasteiger charge is 2.22. The minimum atomic E-state index is -3.73. The topological polar surface area (TPSA) is 66.9 Å². The quantitative estimate of drug-likeness (QED) is 0.620. The highest BCUT2D eigenvalue weighted by atomic mass is 32.2. The fourth-order valence-electron chi connectivity index (χ4n) is 2.82. The molecule has 0 aromatic heterocycles. The van der Waals surface area contributed by atoms with Crippen molar-refractivity contribution in [3.8, 4) is 5.75 Å². The van der Waals surface area contributed by atoms with Gasteiger partial charge in [-0.3, -0.25) is 9.10 Å². The first-order valence-corrected chi connectivity index (χ1v) is 10.3. The zero-order valence-electron chi connectivity index (χ0n) is 16.4. The molecule has 6 nitrogen and oxygen atoms in total. The van der Waals surface area contributed by atoms with E-state index < -0.39 is 10.0 Å². The van der Waals surface area contributed by atoms with Gasteiger partial charge in [0.15, 0.2) is 0 Å². The molecule has 0 aliphatic heterocycles. The molecule has 3 aromatic carbocycles. The molecule has 0 aliphatic rings. The van der Waals surface area contributed by atoms with E-state index in [0.717, 1.165) is 5.69 Å². The van der Waals surface area contributed by atoms with Gasteiger partial charge in [0, 0.05) is 25.3 Å². The molecule has 0 fully saturated rings. The van der Waals surface area contributed by atoms with Crippen molar-refractivity contribution in [3.63, 3.8) is 0 Å². The van der Waals surface area contributed by atoms with Crippen LogP contribution in [0.3, 0.4) is 0 Å². The fraction of sp³-hybridized carbons (Fsp3) is 0.136. The molecule has 0 heterocycles. The average Bonchev–Trinajstić information content (AvgIpc) is 2.78. The molecule has 0 aliphatic carbocycles. The lowest BCUT2D eigenvalue weighted by atomic mass is 10.1. The Kier molecular flexibility index (Phi) is 5.89. The van der Waals surface area contributed by atoms with Crippen molar-refractivity contribution in [2.45, 2.75) is 4.90 Å². The Morgan fingerprint density at radius 3 is 1.93 bits per heavy atom. The predicted octanol–water partition coefficient (Wildman–Crippen LogP) is 3.80. The molecule has 3 rings (SSSR count). The van der Waals surface area contributed by atoms with E-state index in [1.807, 2.05) is 30.3 Å². The van der Waals surface area contributed by atoms with Crippen LogP contribution in [0, 0.1) is 0 Å². The fourth-order valence-corrected chi connectivity index (χ4v) is 4.02. The summed E-state index contributed by atoms with van der Waals surface area (Å²) in [6.45, 7) is 0. The van der Waals surface area contributed by atoms with Crippen LogP contribution in [0.2, 0.25) is 0 Å². The Hall–Kier alpha value is -3.32. The first-order chi connectivity index (χ1) is 13.8. The van der Waals surface area contributed by atoms with Gasteiger partial charge in [-0.05, 0) is 60.7 Å². The maximum atomic E-state index is 12.9. The van der Waals surface area contributed by atoms with Crippen molar-refractivity contribution in [1.29, 1.82) is 0 Å². The third-order valence-corrected chi connectivity index (χ3v) is 6.44. The summed E-state index contributed by atoms with van der Waals surface area (Å²) in [5.41, 5.74) is 1.70. The van der Waals surface area contributed by atoms with Crippen molar-refractivity contribution < 1.29 is 17.9 Å². The van der Waals surface area contributed by atoms with Crippen LogP contribution >= 0.6 is 0 Å². The van der Waals surface area contributed by atoms with E-state index in [-0.39, 0.29) is 10.8 Å². The molecule has 7 heteroatoms. The number of nitrogens with zero attached hydrogens (tertiary/aromatic N) is 2. The van der Waals surface area contributed by atoms with Gasteiger partial charge in [-0.2, -0.15) is 0 Å². The maximum absolute atomic E-state index is 12.9. The van der Waals surface area contributed by atoms with Gasteiger partial charge >= 0.3 is 0 Å². The molecule has 0 saturated carbocycles. The number of ether oxygens (including phenoxy) is 1. The number of benzene rings is 3. The predicted molar refractivity (Wildman–Crippen MR) is 114 cm³/mol. The number of anilines is 2. The average molecular weight is 410 g/mol. The van der Waals surface area contributed by atoms with Crippen LogP contribution in [0.25, 0.3) is 0 Å². The molecular formula is C22H22N2O4S. The summed E-state index contributed by atoms with van der Waals surface area (Å²) in [5, 5.41) is 0. The second kappa shape index (κ2) is 8.36. The van der Waals surface area contributed by atoms with E-state index in [9.17, 15) is 13.2 Å². The first-order valence-electron chi connectivity index (χ1n) is 8.91. The molecule has 0 saturated heterocycles. The van der Waals surface area contributed by atoms with Gasteiger partial charge in [0.25, 0.3) is 15.9 Å². The first kappa shape index (κ1) is 20.4. The van der Waals surface area contributed by atoms with Crippen LogP contribution in [-0.2, 0) is 10.0 Å². The summed E-state index contributed by atoms with van der Waals surface area (Å²) in [6, 6.07) is 22.0. The van der Waals surface area contributed by atoms with Crippen molar-refractivity contribution in [2.24, 2.45) is 0 Å². The van der Waals surface area contributed by atoms with Gasteiger partial charge in [0.1, 0.15) is 5.75 Å². The van der Waals surface area contributed by atoms with Crippen molar-refractivity contribution in [2.75, 3.05) is 30.4 Å². The summed E-state index contributed by atoms with van der Waals surface area (Å²) in [6.07, 6.45) is 0. The number of sulfonamides is 1. The van der Waals surface area contributed by atoms with Crippen molar-refractivity contribution in [3.05, 3.63) is 84.4 Å². The number of amides is 1. The van der Waals surface area contributed by atoms with Crippen molar-refractivity contribution >= 4 is 27.3 Å². The minimum absolute atomic E-state index is 0.157. The Balaban J connectivity index is 1.80. The SMILES string of the molecule is COc1ccc(S(=O)(=O)N(C)c2ccc(C(=O)N(C)c3ccccc3)cc2)cc1. The van der Waals surface area contributed by atoms with Crippen LogP contribution in [0.1, 0.15) is 10.4 Å². The summed E-state index contributed by atoms with van der Waals surface area (Å²) in [4.78, 5) is 14.4. The number of hydrogen-bond acceptors (Lipinski definition) is 4. The molecule has 0 N–H and O–H groups in total. The maximum Gasteiger partial charge on any atom is 0.264 e. The Morgan fingerprint density at radius 2 is 1.38 bits per heavy atom. The van der Waals surface area contributed by atoms with Gasteiger partial charge in [-0.1, -0.05) is 18.2 Å². The molecule has 150 valence electrons. The zero-order valence-corrected chi connectivity index (χ0v) is 17.3. The summed E-state index contributed by atoms with van der Waals surface area (Å²) in [5.74, 6) is 0.403. The second-order valence-electron chi connectivity index (χ2n) is 6.39. The largest absolute Gasteiger partial charge is 0.497 e. The normalized spacial score (nSPS) is 11.0. The molecule has 0 radical (unpaired) electrons. The lowest BCUT2D eigenvalue weighted by Crippen LogP contribution is -2.27. The van der Waals surface area contributed by atoms with E-state index >= 15 is 0 Å². The van der Waals surface area contributed by atoms with E-state index in [1.165, 1.54) is 30.6 Å². The molecular weight excluding hydrogens is 388 g/mol. The second-order valence-corrected chi connectivity index (χ2v) is 8.36. The molecule has 1 amide bonds. The molecule has 3 aromatic rings. The third-order valence-electron chi connectivity index (χ3n) is 4.64. The smallest absolute Gasteiger partial charge is 0.264 e. The van der Waals surface area contributed by atoms with E-state index in [1.54, 1.807) is 48.3 Å². The molecule has 0 unspecified atom stereocenters. The van der Waals surface area contributed by atoms with Crippen molar-refractivity contribution in [1.82, 2.24) is 0 Å². The summed E-state index contributed by atoms with van der Waals surface area (Å²) >= 11 is 0. The van der Waals surface area contributed by atoms with E-state index in [0.29, 0.717) is 17.0 Å². The van der Waals surface area contributed by atoms with Gasteiger partial charge in [-0.25, -0.2) is 8.42 Å². The minimum Gasteiger partial charge on any atom is -0.497 e. The van der Waals surface area contributed by atoms with Gasteiger partial charge in [0.05, 0.1) is 17.7 Å². The molecule has 0 bridgehead atoms. The van der Waals surface area contributed by atoms with Crippen LogP contribution in [0.15, 0.2) is 83.8 Å². The standard InChI is InChI=1S/C22H22N2O4S/c1-23(18-7-5-4-6-8-18)22(25)17-9-11-19(12-10-17)24(2)29(26,27)21-15-13-20(28-3)14-16-21/h4-16H,1-3H3. The number of carbonyl (C=O) groups is 1. The van der Waals surface area contributed by atoms with Crippen LogP contribution in [-0.4, -0.2) is 35.5 Å². The van der Waals surface area contributed by atoms with Crippen LogP contribution in [0.5, 0.6) is 5.75 Å². The lowest BCUT2D eigenvalue weighted by molar-refractivity contribution is 0.0993. The number of hydrogen-bond donors (Lipinski definition) is 0. The Labute approximate surface area is 171 Å². The monoisotopic (exact) mass is 410 g/mol. The highest BCUT2D eigenvalue weighted by Crippen LogP contribution is 2.24. The van der Waals surface area contributed by atoms with E-state index in [2.05, 4.69) is 0 Å². The summed E-state index contributed by atoms with van der Waals surface area (Å²) in [7, 11) is 0.973. The lowest BCUT2D eigenvalue weighted by Gasteiger charge is -2.21. The number of methoxy groups -OCH3 is 1. The highest BCUT2D eigenvalue weighted by molar-refractivity contribution is 7.92. The third kappa shape index (κ3) is 4.25. The number of rotatable bonds is 6. The van der Waals surface area contributed by atoms with Gasteiger partial charge in [-0.15, -0.1) is 0 Å². The van der Waals surface area contributed by atoms with Gasteiger partial charge in [0.2, 0.25) is 0 Å². The number of para-hydroxylation sites is 1. The molecule has 0 spiro atoms. The number of carbonyl (C=O) groups excluding carboxylic acids is 1. The van der Waals surface area contributed by atoms with Crippen LogP contribution < -0.4 is 13.9 Å². The molecule has 29 heavy (non-hydrogen) atoms. The summed E-state index contributed by atoms with van der Waals surface area (Å²) < 4.78 is 32.0. The van der Waals surface area contributed by atoms with E-state index in [4.69, 9.17) is 4.74 Å². The Bertz CT molecular complexity index is 1080. The zero-order chi connectivity index (χ0) is 21.0. The Morgan fingerprint density at radius 1 is 0.793 bits per heavy atom. The van der Waals surface area contributed by atoms with Gasteiger partial charge < -0.3 is 9.64 Å². The molecule has 0 atom stereocenters. The van der Waals surface area contributed by atoms with Crippen LogP contribution in [0.4, 0.5) is 11.4 Å².